The molecule has 0 aromatic heterocycles. The summed E-state index contributed by atoms with van der Waals surface area (Å²) in [4.78, 5) is 13.7. The second kappa shape index (κ2) is 8.34. The van der Waals surface area contributed by atoms with E-state index in [1.54, 1.807) is 7.05 Å². The van der Waals surface area contributed by atoms with Crippen molar-refractivity contribution < 1.29 is 9.53 Å². The van der Waals surface area contributed by atoms with Gasteiger partial charge >= 0.3 is 0 Å². The molecule has 122 valence electrons. The highest BCUT2D eigenvalue weighted by Crippen LogP contribution is 2.15. The number of hydrogen-bond acceptors (Lipinski definition) is 3. The molecule has 0 radical (unpaired) electrons. The number of benzene rings is 2. The summed E-state index contributed by atoms with van der Waals surface area (Å²) in [7, 11) is 3.60. The van der Waals surface area contributed by atoms with Gasteiger partial charge in [-0.3, -0.25) is 9.69 Å². The summed E-state index contributed by atoms with van der Waals surface area (Å²) in [6, 6.07) is 17.9. The molecule has 2 aromatic carbocycles. The Morgan fingerprint density at radius 3 is 2.35 bits per heavy atom. The van der Waals surface area contributed by atoms with Crippen molar-refractivity contribution in [2.45, 2.75) is 26.1 Å². The van der Waals surface area contributed by atoms with Gasteiger partial charge in [0.1, 0.15) is 12.4 Å². The zero-order chi connectivity index (χ0) is 16.7. The van der Waals surface area contributed by atoms with Crippen LogP contribution in [0.1, 0.15) is 18.1 Å². The molecule has 1 N–H and O–H groups in total. The van der Waals surface area contributed by atoms with E-state index in [0.29, 0.717) is 13.2 Å². The second-order valence-electron chi connectivity index (χ2n) is 5.62. The topological polar surface area (TPSA) is 41.6 Å². The van der Waals surface area contributed by atoms with Crippen LogP contribution in [0.4, 0.5) is 0 Å². The number of nitrogens with zero attached hydrogens (tertiary/aromatic N) is 1. The van der Waals surface area contributed by atoms with Gasteiger partial charge in [-0.1, -0.05) is 42.5 Å². The van der Waals surface area contributed by atoms with Gasteiger partial charge in [-0.2, -0.15) is 0 Å². The first-order valence-electron chi connectivity index (χ1n) is 7.77. The third-order valence-electron chi connectivity index (χ3n) is 3.89. The number of rotatable bonds is 7. The molecule has 0 saturated heterocycles. The molecule has 2 aromatic rings. The van der Waals surface area contributed by atoms with E-state index in [9.17, 15) is 4.79 Å². The average molecular weight is 312 g/mol. The van der Waals surface area contributed by atoms with Gasteiger partial charge in [-0.05, 0) is 37.2 Å². The maximum Gasteiger partial charge on any atom is 0.236 e. The lowest BCUT2D eigenvalue weighted by Crippen LogP contribution is -2.41. The van der Waals surface area contributed by atoms with Crippen LogP contribution < -0.4 is 10.1 Å². The van der Waals surface area contributed by atoms with Crippen LogP contribution in [0.5, 0.6) is 5.75 Å². The Labute approximate surface area is 138 Å². The largest absolute Gasteiger partial charge is 0.489 e. The van der Waals surface area contributed by atoms with E-state index in [2.05, 4.69) is 5.32 Å². The van der Waals surface area contributed by atoms with Crippen LogP contribution in [0.15, 0.2) is 54.6 Å². The Morgan fingerprint density at radius 1 is 1.09 bits per heavy atom. The Bertz CT molecular complexity index is 611. The molecule has 0 fully saturated rings. The van der Waals surface area contributed by atoms with Gasteiger partial charge in [0.25, 0.3) is 0 Å². The number of likely N-dealkylation sites (N-methyl/N-ethyl adjacent to an activating group) is 2. The number of carbonyl (C=O) groups is 1. The minimum atomic E-state index is -0.158. The second-order valence-corrected chi connectivity index (χ2v) is 5.62. The third-order valence-corrected chi connectivity index (χ3v) is 3.89. The van der Waals surface area contributed by atoms with Gasteiger partial charge in [-0.25, -0.2) is 0 Å². The van der Waals surface area contributed by atoms with Crippen molar-refractivity contribution in [1.29, 1.82) is 0 Å². The number of hydrogen-bond donors (Lipinski definition) is 1. The molecule has 4 nitrogen and oxygen atoms in total. The van der Waals surface area contributed by atoms with Crippen molar-refractivity contribution in [3.8, 4) is 5.75 Å². The molecule has 4 heteroatoms. The molecular weight excluding hydrogens is 288 g/mol. The van der Waals surface area contributed by atoms with Crippen LogP contribution in [-0.2, 0) is 17.9 Å². The number of carbonyl (C=O) groups excluding carboxylic acids is 1. The van der Waals surface area contributed by atoms with Crippen molar-refractivity contribution in [2.24, 2.45) is 0 Å². The minimum Gasteiger partial charge on any atom is -0.489 e. The van der Waals surface area contributed by atoms with E-state index in [4.69, 9.17) is 4.74 Å². The third kappa shape index (κ3) is 5.11. The van der Waals surface area contributed by atoms with Crippen LogP contribution in [0, 0.1) is 0 Å². The average Bonchev–Trinajstić information content (AvgIpc) is 2.60. The molecule has 23 heavy (non-hydrogen) atoms. The van der Waals surface area contributed by atoms with Gasteiger partial charge in [0.15, 0.2) is 0 Å². The van der Waals surface area contributed by atoms with Crippen LogP contribution in [0.25, 0.3) is 0 Å². The van der Waals surface area contributed by atoms with E-state index >= 15 is 0 Å². The predicted molar refractivity (Wildman–Crippen MR) is 92.2 cm³/mol. The highest BCUT2D eigenvalue weighted by Gasteiger charge is 2.16. The molecule has 0 aliphatic heterocycles. The van der Waals surface area contributed by atoms with Crippen molar-refractivity contribution in [1.82, 2.24) is 10.2 Å². The van der Waals surface area contributed by atoms with E-state index < -0.39 is 0 Å². The fourth-order valence-corrected chi connectivity index (χ4v) is 2.27. The summed E-state index contributed by atoms with van der Waals surface area (Å²) in [6.45, 7) is 3.18. The fourth-order valence-electron chi connectivity index (χ4n) is 2.27. The molecule has 0 aliphatic carbocycles. The van der Waals surface area contributed by atoms with E-state index in [0.717, 1.165) is 16.9 Å². The van der Waals surface area contributed by atoms with E-state index in [1.165, 1.54) is 0 Å². The van der Waals surface area contributed by atoms with Crippen LogP contribution in [-0.4, -0.2) is 30.9 Å². The summed E-state index contributed by atoms with van der Waals surface area (Å²) >= 11 is 0. The van der Waals surface area contributed by atoms with Gasteiger partial charge in [-0.15, -0.1) is 0 Å². The first-order chi connectivity index (χ1) is 11.1. The number of nitrogens with one attached hydrogen (secondary N) is 1. The Morgan fingerprint density at radius 2 is 1.74 bits per heavy atom. The summed E-state index contributed by atoms with van der Waals surface area (Å²) < 4.78 is 5.78. The van der Waals surface area contributed by atoms with Crippen molar-refractivity contribution in [3.05, 3.63) is 65.7 Å². The van der Waals surface area contributed by atoms with Gasteiger partial charge in [0.2, 0.25) is 5.91 Å². The molecule has 0 saturated carbocycles. The van der Waals surface area contributed by atoms with Gasteiger partial charge in [0, 0.05) is 13.6 Å². The van der Waals surface area contributed by atoms with E-state index in [-0.39, 0.29) is 11.9 Å². The molecule has 1 amide bonds. The molecule has 0 unspecified atom stereocenters. The van der Waals surface area contributed by atoms with Crippen LogP contribution in [0.2, 0.25) is 0 Å². The maximum atomic E-state index is 11.6. The zero-order valence-corrected chi connectivity index (χ0v) is 14.0. The molecule has 0 bridgehead atoms. The maximum absolute atomic E-state index is 11.6. The number of amides is 1. The summed E-state index contributed by atoms with van der Waals surface area (Å²) in [5.41, 5.74) is 2.30. The quantitative estimate of drug-likeness (QED) is 0.855. The Balaban J connectivity index is 1.88. The van der Waals surface area contributed by atoms with E-state index in [1.807, 2.05) is 73.5 Å². The van der Waals surface area contributed by atoms with Gasteiger partial charge < -0.3 is 10.1 Å². The summed E-state index contributed by atoms with van der Waals surface area (Å²) in [6.07, 6.45) is 0. The molecule has 0 heterocycles. The minimum absolute atomic E-state index is 0.0234. The smallest absolute Gasteiger partial charge is 0.236 e. The monoisotopic (exact) mass is 312 g/mol. The summed E-state index contributed by atoms with van der Waals surface area (Å²) in [5.74, 6) is 0.870. The predicted octanol–water partition coefficient (Wildman–Crippen LogP) is 2.83. The lowest BCUT2D eigenvalue weighted by molar-refractivity contribution is -0.125. The Hall–Kier alpha value is -2.33. The lowest BCUT2D eigenvalue weighted by atomic mass is 10.2. The van der Waals surface area contributed by atoms with Gasteiger partial charge in [0.05, 0.1) is 6.04 Å². The molecule has 2 rings (SSSR count). The first-order valence-corrected chi connectivity index (χ1v) is 7.77. The fraction of sp³-hybridized carbons (Fsp3) is 0.316. The summed E-state index contributed by atoms with van der Waals surface area (Å²) in [5, 5.41) is 2.67. The molecule has 0 spiro atoms. The first kappa shape index (κ1) is 17.0. The zero-order valence-electron chi connectivity index (χ0n) is 14.0. The Kier molecular flexibility index (Phi) is 6.18. The molecular formula is C19H24N2O2. The van der Waals surface area contributed by atoms with Crippen molar-refractivity contribution >= 4 is 5.91 Å². The highest BCUT2D eigenvalue weighted by molar-refractivity contribution is 5.80. The van der Waals surface area contributed by atoms with Crippen molar-refractivity contribution in [3.63, 3.8) is 0 Å². The lowest BCUT2D eigenvalue weighted by Gasteiger charge is -2.23. The van der Waals surface area contributed by atoms with Crippen LogP contribution >= 0.6 is 0 Å². The van der Waals surface area contributed by atoms with Crippen LogP contribution in [0.3, 0.4) is 0 Å². The van der Waals surface area contributed by atoms with Crippen molar-refractivity contribution in [2.75, 3.05) is 14.1 Å². The molecule has 0 aliphatic rings. The normalized spacial score (nSPS) is 12.0. The number of ether oxygens (including phenoxy) is 1. The SMILES string of the molecule is CNC(=O)[C@H](C)N(C)Cc1ccc(OCc2ccccc2)cc1. The highest BCUT2D eigenvalue weighted by atomic mass is 16.5. The molecule has 1 atom stereocenters. The standard InChI is InChI=1S/C19H24N2O2/c1-15(19(22)20-2)21(3)13-16-9-11-18(12-10-16)23-14-17-7-5-4-6-8-17/h4-12,15H,13-14H2,1-3H3,(H,20,22)/t15-/m0/s1.